The summed E-state index contributed by atoms with van der Waals surface area (Å²) in [6.45, 7) is 2.74. The fraction of sp³-hybridized carbons (Fsp3) is 0.400. The highest BCUT2D eigenvalue weighted by molar-refractivity contribution is 5.78. The molecule has 5 nitrogen and oxygen atoms in total. The molecule has 2 rings (SSSR count). The second-order valence-corrected chi connectivity index (χ2v) is 3.08. The lowest BCUT2D eigenvalue weighted by atomic mass is 10.3. The van der Waals surface area contributed by atoms with Crippen LogP contribution in [0, 0.1) is 0 Å². The summed E-state index contributed by atoms with van der Waals surface area (Å²) in [7, 11) is 3.21. The second-order valence-electron chi connectivity index (χ2n) is 3.08. The van der Waals surface area contributed by atoms with Crippen molar-refractivity contribution in [1.82, 2.24) is 15.0 Å². The predicted molar refractivity (Wildman–Crippen MR) is 56.3 cm³/mol. The van der Waals surface area contributed by atoms with Crippen LogP contribution < -0.4 is 9.47 Å². The summed E-state index contributed by atoms with van der Waals surface area (Å²) in [4.78, 5) is 1.64. The summed E-state index contributed by atoms with van der Waals surface area (Å²) < 4.78 is 10.4. The van der Waals surface area contributed by atoms with Gasteiger partial charge in [0.2, 0.25) is 0 Å². The van der Waals surface area contributed by atoms with Crippen LogP contribution in [-0.4, -0.2) is 29.2 Å². The number of ether oxygens (including phenoxy) is 2. The Morgan fingerprint density at radius 1 is 1.07 bits per heavy atom. The van der Waals surface area contributed by atoms with Gasteiger partial charge in [-0.05, 0) is 6.92 Å². The topological polar surface area (TPSA) is 49.2 Å². The smallest absolute Gasteiger partial charge is 0.163 e. The number of aryl methyl sites for hydroxylation is 1. The first-order valence-electron chi connectivity index (χ1n) is 4.75. The van der Waals surface area contributed by atoms with Gasteiger partial charge in [-0.1, -0.05) is 0 Å². The molecule has 1 aromatic carbocycles. The summed E-state index contributed by atoms with van der Waals surface area (Å²) in [6, 6.07) is 3.65. The van der Waals surface area contributed by atoms with Crippen LogP contribution in [0.15, 0.2) is 12.1 Å². The van der Waals surface area contributed by atoms with Crippen molar-refractivity contribution < 1.29 is 9.47 Å². The third kappa shape index (κ3) is 1.60. The highest BCUT2D eigenvalue weighted by atomic mass is 16.5. The van der Waals surface area contributed by atoms with E-state index < -0.39 is 0 Å². The van der Waals surface area contributed by atoms with Gasteiger partial charge in [-0.3, -0.25) is 0 Å². The molecule has 0 unspecified atom stereocenters. The predicted octanol–water partition coefficient (Wildman–Crippen LogP) is 1.47. The molecule has 15 heavy (non-hydrogen) atoms. The van der Waals surface area contributed by atoms with E-state index in [1.807, 2.05) is 19.1 Å². The van der Waals surface area contributed by atoms with E-state index in [9.17, 15) is 0 Å². The van der Waals surface area contributed by atoms with Crippen LogP contribution in [0.3, 0.4) is 0 Å². The number of rotatable bonds is 3. The molecule has 0 N–H and O–H groups in total. The molecule has 0 saturated heterocycles. The molecule has 0 aliphatic carbocycles. The van der Waals surface area contributed by atoms with Crippen molar-refractivity contribution in [3.05, 3.63) is 12.1 Å². The van der Waals surface area contributed by atoms with Crippen molar-refractivity contribution in [2.75, 3.05) is 14.2 Å². The molecule has 0 spiro atoms. The molecule has 0 fully saturated rings. The van der Waals surface area contributed by atoms with Gasteiger partial charge in [0, 0.05) is 12.1 Å². The normalized spacial score (nSPS) is 10.6. The fourth-order valence-corrected chi connectivity index (χ4v) is 1.43. The quantitative estimate of drug-likeness (QED) is 0.764. The van der Waals surface area contributed by atoms with E-state index in [2.05, 4.69) is 10.2 Å². The van der Waals surface area contributed by atoms with E-state index in [-0.39, 0.29) is 0 Å². The minimum atomic E-state index is 0.674. The van der Waals surface area contributed by atoms with E-state index >= 15 is 0 Å². The minimum absolute atomic E-state index is 0.674. The van der Waals surface area contributed by atoms with E-state index in [1.54, 1.807) is 19.0 Å². The molecular formula is C10H13N3O2. The molecule has 1 heterocycles. The first-order valence-corrected chi connectivity index (χ1v) is 4.75. The van der Waals surface area contributed by atoms with Gasteiger partial charge in [0.1, 0.15) is 11.0 Å². The molecule has 80 valence electrons. The number of hydrogen-bond acceptors (Lipinski definition) is 4. The van der Waals surface area contributed by atoms with Gasteiger partial charge < -0.3 is 9.47 Å². The highest BCUT2D eigenvalue weighted by Crippen LogP contribution is 2.30. The summed E-state index contributed by atoms with van der Waals surface area (Å²) in [6.07, 6.45) is 0. The van der Waals surface area contributed by atoms with Crippen molar-refractivity contribution in [3.63, 3.8) is 0 Å². The molecule has 0 amide bonds. The minimum Gasteiger partial charge on any atom is -0.493 e. The van der Waals surface area contributed by atoms with Crippen LogP contribution in [0.5, 0.6) is 11.5 Å². The molecule has 2 aromatic rings. The Labute approximate surface area is 87.6 Å². The fourth-order valence-electron chi connectivity index (χ4n) is 1.43. The number of methoxy groups -OCH3 is 2. The summed E-state index contributed by atoms with van der Waals surface area (Å²) in [5.41, 5.74) is 1.63. The zero-order valence-corrected chi connectivity index (χ0v) is 9.02. The van der Waals surface area contributed by atoms with E-state index in [0.717, 1.165) is 17.6 Å². The van der Waals surface area contributed by atoms with E-state index in [0.29, 0.717) is 11.5 Å². The van der Waals surface area contributed by atoms with Crippen molar-refractivity contribution in [1.29, 1.82) is 0 Å². The summed E-state index contributed by atoms with van der Waals surface area (Å²) in [5.74, 6) is 1.35. The van der Waals surface area contributed by atoms with Gasteiger partial charge >= 0.3 is 0 Å². The molecule has 0 saturated carbocycles. The molecule has 0 atom stereocenters. The van der Waals surface area contributed by atoms with E-state index in [1.165, 1.54) is 0 Å². The Bertz CT molecular complexity index is 438. The highest BCUT2D eigenvalue weighted by Gasteiger charge is 2.09. The number of benzene rings is 1. The maximum atomic E-state index is 5.19. The monoisotopic (exact) mass is 207 g/mol. The van der Waals surface area contributed by atoms with Crippen molar-refractivity contribution in [3.8, 4) is 11.5 Å². The van der Waals surface area contributed by atoms with Crippen LogP contribution in [-0.2, 0) is 6.54 Å². The summed E-state index contributed by atoms with van der Waals surface area (Å²) >= 11 is 0. The van der Waals surface area contributed by atoms with Gasteiger partial charge in [-0.15, -0.1) is 0 Å². The third-order valence-electron chi connectivity index (χ3n) is 2.21. The second kappa shape index (κ2) is 3.76. The molecule has 0 aliphatic heterocycles. The molecule has 0 aliphatic rings. The van der Waals surface area contributed by atoms with Gasteiger partial charge in [0.05, 0.1) is 20.8 Å². The van der Waals surface area contributed by atoms with Crippen molar-refractivity contribution in [2.45, 2.75) is 13.5 Å². The number of aromatic nitrogens is 3. The average molecular weight is 207 g/mol. The molecule has 1 aromatic heterocycles. The maximum absolute atomic E-state index is 5.19. The van der Waals surface area contributed by atoms with Crippen LogP contribution >= 0.6 is 0 Å². The largest absolute Gasteiger partial charge is 0.493 e. The van der Waals surface area contributed by atoms with E-state index in [4.69, 9.17) is 9.47 Å². The first kappa shape index (κ1) is 9.76. The molecule has 0 radical (unpaired) electrons. The Morgan fingerprint density at radius 2 is 1.53 bits per heavy atom. The number of nitrogens with zero attached hydrogens (tertiary/aromatic N) is 3. The Hall–Kier alpha value is -1.78. The molecule has 0 bridgehead atoms. The molecular weight excluding hydrogens is 194 g/mol. The average Bonchev–Trinajstić information content (AvgIpc) is 2.68. The van der Waals surface area contributed by atoms with Crippen LogP contribution in [0.4, 0.5) is 0 Å². The maximum Gasteiger partial charge on any atom is 0.163 e. The van der Waals surface area contributed by atoms with Gasteiger partial charge in [-0.2, -0.15) is 15.0 Å². The van der Waals surface area contributed by atoms with Crippen molar-refractivity contribution >= 4 is 11.0 Å². The Kier molecular flexibility index (Phi) is 2.45. The SMILES string of the molecule is CCn1nc2cc(OC)c(OC)cc2n1. The standard InChI is InChI=1S/C10H13N3O2/c1-4-13-11-7-5-9(14-2)10(15-3)6-8(7)12-13/h5-6H,4H2,1-3H3. The third-order valence-corrected chi connectivity index (χ3v) is 2.21. The molecule has 5 heteroatoms. The number of hydrogen-bond donors (Lipinski definition) is 0. The number of fused-ring (bicyclic) bond motifs is 1. The Morgan fingerprint density at radius 3 is 1.87 bits per heavy atom. The van der Waals surface area contributed by atoms with Crippen LogP contribution in [0.1, 0.15) is 6.92 Å². The lowest BCUT2D eigenvalue weighted by Gasteiger charge is -2.05. The zero-order chi connectivity index (χ0) is 10.8. The van der Waals surface area contributed by atoms with Gasteiger partial charge in [0.15, 0.2) is 11.5 Å². The Balaban J connectivity index is 2.61. The van der Waals surface area contributed by atoms with Gasteiger partial charge in [-0.25, -0.2) is 0 Å². The summed E-state index contributed by atoms with van der Waals surface area (Å²) in [5, 5.41) is 8.57. The van der Waals surface area contributed by atoms with Crippen LogP contribution in [0.25, 0.3) is 11.0 Å². The zero-order valence-electron chi connectivity index (χ0n) is 9.02. The first-order chi connectivity index (χ1) is 7.28. The van der Waals surface area contributed by atoms with Crippen molar-refractivity contribution in [2.24, 2.45) is 0 Å². The van der Waals surface area contributed by atoms with Crippen LogP contribution in [0.2, 0.25) is 0 Å². The lowest BCUT2D eigenvalue weighted by molar-refractivity contribution is 0.356. The lowest BCUT2D eigenvalue weighted by Crippen LogP contribution is -1.97. The van der Waals surface area contributed by atoms with Gasteiger partial charge in [0.25, 0.3) is 0 Å².